The quantitative estimate of drug-likeness (QED) is 0.857. The Morgan fingerprint density at radius 2 is 1.89 bits per heavy atom. The van der Waals surface area contributed by atoms with Gasteiger partial charge in [-0.2, -0.15) is 0 Å². The van der Waals surface area contributed by atoms with Gasteiger partial charge in [-0.15, -0.1) is 0 Å². The molecule has 2 heteroatoms. The molecular weight excluding hydrogens is 242 g/mol. The minimum atomic E-state index is 0.471. The fourth-order valence-corrected chi connectivity index (χ4v) is 2.32. The van der Waals surface area contributed by atoms with Crippen LogP contribution in [0.3, 0.4) is 0 Å². The summed E-state index contributed by atoms with van der Waals surface area (Å²) in [5.41, 5.74) is 10.5. The monoisotopic (exact) mass is 259 g/mol. The molecule has 0 heterocycles. The van der Waals surface area contributed by atoms with Gasteiger partial charge >= 0.3 is 0 Å². The first-order valence-electron chi connectivity index (χ1n) is 6.20. The molecule has 0 fully saturated rings. The molecule has 94 valence electrons. The molecule has 0 aromatic heterocycles. The highest BCUT2D eigenvalue weighted by atomic mass is 35.5. The summed E-state index contributed by atoms with van der Waals surface area (Å²) in [4.78, 5) is 0. The summed E-state index contributed by atoms with van der Waals surface area (Å²) in [7, 11) is 0. The zero-order valence-corrected chi connectivity index (χ0v) is 11.5. The summed E-state index contributed by atoms with van der Waals surface area (Å²) < 4.78 is 0. The number of nitrogens with two attached hydrogens (primary N) is 1. The van der Waals surface area contributed by atoms with Crippen molar-refractivity contribution in [3.8, 4) is 11.1 Å². The summed E-state index contributed by atoms with van der Waals surface area (Å²) in [5.74, 6) is 0.471. The fourth-order valence-electron chi connectivity index (χ4n) is 2.15. The van der Waals surface area contributed by atoms with Gasteiger partial charge in [-0.3, -0.25) is 0 Å². The van der Waals surface area contributed by atoms with Gasteiger partial charge in [0.15, 0.2) is 0 Å². The zero-order chi connectivity index (χ0) is 13.1. The Hall–Kier alpha value is -1.31. The van der Waals surface area contributed by atoms with E-state index in [0.29, 0.717) is 12.5 Å². The smallest absolute Gasteiger partial charge is 0.0412 e. The van der Waals surface area contributed by atoms with Crippen molar-refractivity contribution in [2.75, 3.05) is 0 Å². The number of hydrogen-bond acceptors (Lipinski definition) is 1. The van der Waals surface area contributed by atoms with Crippen molar-refractivity contribution in [3.63, 3.8) is 0 Å². The summed E-state index contributed by atoms with van der Waals surface area (Å²) in [6.07, 6.45) is 0. The Labute approximate surface area is 114 Å². The average molecular weight is 260 g/mol. The maximum absolute atomic E-state index is 6.12. The molecule has 0 spiro atoms. The summed E-state index contributed by atoms with van der Waals surface area (Å²) in [6, 6.07) is 14.4. The molecule has 0 saturated carbocycles. The largest absolute Gasteiger partial charge is 0.326 e. The summed E-state index contributed by atoms with van der Waals surface area (Å²) in [6.45, 7) is 4.95. The summed E-state index contributed by atoms with van der Waals surface area (Å²) >= 11 is 6.12. The van der Waals surface area contributed by atoms with Crippen LogP contribution in [0, 0.1) is 0 Å². The lowest BCUT2D eigenvalue weighted by atomic mass is 9.92. The number of benzene rings is 2. The maximum atomic E-state index is 6.12. The van der Waals surface area contributed by atoms with Crippen molar-refractivity contribution in [1.29, 1.82) is 0 Å². The number of rotatable bonds is 3. The Morgan fingerprint density at radius 3 is 2.56 bits per heavy atom. The molecule has 0 bridgehead atoms. The maximum Gasteiger partial charge on any atom is 0.0412 e. The topological polar surface area (TPSA) is 26.0 Å². The molecule has 0 aliphatic rings. The first kappa shape index (κ1) is 13.1. The van der Waals surface area contributed by atoms with Crippen LogP contribution in [-0.2, 0) is 6.54 Å². The predicted molar refractivity (Wildman–Crippen MR) is 78.9 cm³/mol. The van der Waals surface area contributed by atoms with Gasteiger partial charge in [0.2, 0.25) is 0 Å². The van der Waals surface area contributed by atoms with E-state index < -0.39 is 0 Å². The molecule has 2 rings (SSSR count). The van der Waals surface area contributed by atoms with Crippen LogP contribution < -0.4 is 5.73 Å². The van der Waals surface area contributed by atoms with Crippen LogP contribution in [0.1, 0.15) is 30.9 Å². The molecule has 0 unspecified atom stereocenters. The third-order valence-corrected chi connectivity index (χ3v) is 3.35. The van der Waals surface area contributed by atoms with E-state index in [4.69, 9.17) is 17.3 Å². The van der Waals surface area contributed by atoms with Crippen molar-refractivity contribution in [2.45, 2.75) is 26.3 Å². The molecule has 0 amide bonds. The van der Waals surface area contributed by atoms with Gasteiger partial charge in [0.1, 0.15) is 0 Å². The third-order valence-electron chi connectivity index (χ3n) is 3.11. The molecule has 0 saturated heterocycles. The van der Waals surface area contributed by atoms with Gasteiger partial charge in [-0.05, 0) is 46.4 Å². The first-order valence-corrected chi connectivity index (χ1v) is 6.58. The van der Waals surface area contributed by atoms with Crippen LogP contribution in [0.4, 0.5) is 0 Å². The SMILES string of the molecule is CC(C)c1ccc(Cl)cc1-c1cccc(CN)c1. The van der Waals surface area contributed by atoms with Crippen LogP contribution in [0.25, 0.3) is 11.1 Å². The van der Waals surface area contributed by atoms with E-state index in [1.54, 1.807) is 0 Å². The highest BCUT2D eigenvalue weighted by Crippen LogP contribution is 2.32. The normalized spacial score (nSPS) is 10.9. The van der Waals surface area contributed by atoms with E-state index in [9.17, 15) is 0 Å². The Bertz CT molecular complexity index is 547. The van der Waals surface area contributed by atoms with Crippen molar-refractivity contribution in [3.05, 3.63) is 58.6 Å². The second-order valence-electron chi connectivity index (χ2n) is 4.79. The second-order valence-corrected chi connectivity index (χ2v) is 5.23. The van der Waals surface area contributed by atoms with Crippen LogP contribution >= 0.6 is 11.6 Å². The molecular formula is C16H18ClN. The van der Waals surface area contributed by atoms with E-state index in [0.717, 1.165) is 10.6 Å². The molecule has 0 aliphatic heterocycles. The van der Waals surface area contributed by atoms with Gasteiger partial charge < -0.3 is 5.73 Å². The highest BCUT2D eigenvalue weighted by molar-refractivity contribution is 6.30. The van der Waals surface area contributed by atoms with Gasteiger partial charge in [-0.1, -0.05) is 49.7 Å². The Morgan fingerprint density at radius 1 is 1.11 bits per heavy atom. The second kappa shape index (κ2) is 5.55. The number of hydrogen-bond donors (Lipinski definition) is 1. The van der Waals surface area contributed by atoms with Crippen molar-refractivity contribution in [2.24, 2.45) is 5.73 Å². The lowest BCUT2D eigenvalue weighted by molar-refractivity contribution is 0.869. The predicted octanol–water partition coefficient (Wildman–Crippen LogP) is 4.59. The van der Waals surface area contributed by atoms with E-state index in [-0.39, 0.29) is 0 Å². The molecule has 0 radical (unpaired) electrons. The molecule has 2 aromatic carbocycles. The van der Waals surface area contributed by atoms with Gasteiger partial charge in [-0.25, -0.2) is 0 Å². The zero-order valence-electron chi connectivity index (χ0n) is 10.8. The molecule has 18 heavy (non-hydrogen) atoms. The molecule has 2 aromatic rings. The minimum Gasteiger partial charge on any atom is -0.326 e. The Kier molecular flexibility index (Phi) is 4.05. The third kappa shape index (κ3) is 2.74. The molecule has 1 nitrogen and oxygen atoms in total. The lowest BCUT2D eigenvalue weighted by Crippen LogP contribution is -1.97. The summed E-state index contributed by atoms with van der Waals surface area (Å²) in [5, 5.41) is 0.771. The van der Waals surface area contributed by atoms with Crippen molar-refractivity contribution >= 4 is 11.6 Å². The van der Waals surface area contributed by atoms with Crippen LogP contribution in [0.5, 0.6) is 0 Å². The number of halogens is 1. The van der Waals surface area contributed by atoms with Crippen LogP contribution in [0.2, 0.25) is 5.02 Å². The van der Waals surface area contributed by atoms with Gasteiger partial charge in [0, 0.05) is 11.6 Å². The minimum absolute atomic E-state index is 0.471. The molecule has 0 atom stereocenters. The average Bonchev–Trinajstić information content (AvgIpc) is 2.38. The fraction of sp³-hybridized carbons (Fsp3) is 0.250. The van der Waals surface area contributed by atoms with Gasteiger partial charge in [0.05, 0.1) is 0 Å². The lowest BCUT2D eigenvalue weighted by Gasteiger charge is -2.14. The molecule has 2 N–H and O–H groups in total. The van der Waals surface area contributed by atoms with Crippen molar-refractivity contribution < 1.29 is 0 Å². The highest BCUT2D eigenvalue weighted by Gasteiger charge is 2.09. The van der Waals surface area contributed by atoms with E-state index in [2.05, 4.69) is 32.0 Å². The Balaban J connectivity index is 2.57. The first-order chi connectivity index (χ1) is 8.61. The van der Waals surface area contributed by atoms with E-state index >= 15 is 0 Å². The molecule has 0 aliphatic carbocycles. The van der Waals surface area contributed by atoms with Gasteiger partial charge in [0.25, 0.3) is 0 Å². The van der Waals surface area contributed by atoms with Crippen LogP contribution in [0.15, 0.2) is 42.5 Å². The van der Waals surface area contributed by atoms with Crippen molar-refractivity contribution in [1.82, 2.24) is 0 Å². The standard InChI is InChI=1S/C16H18ClN/c1-11(2)15-7-6-14(17)9-16(15)13-5-3-4-12(8-13)10-18/h3-9,11H,10,18H2,1-2H3. The van der Waals surface area contributed by atoms with E-state index in [1.807, 2.05) is 24.3 Å². The van der Waals surface area contributed by atoms with E-state index in [1.165, 1.54) is 16.7 Å². The van der Waals surface area contributed by atoms with Crippen LogP contribution in [-0.4, -0.2) is 0 Å².